The zero-order chi connectivity index (χ0) is 21.2. The molecule has 2 heterocycles. The van der Waals surface area contributed by atoms with Crippen LogP contribution in [0.3, 0.4) is 0 Å². The van der Waals surface area contributed by atoms with Gasteiger partial charge >= 0.3 is 0 Å². The van der Waals surface area contributed by atoms with E-state index in [0.29, 0.717) is 13.1 Å². The fraction of sp³-hybridized carbons (Fsp3) is 0.556. The zero-order valence-corrected chi connectivity index (χ0v) is 17.8. The number of rotatable bonds is 5. The summed E-state index contributed by atoms with van der Waals surface area (Å²) >= 11 is 0. The number of hydrogen-bond donors (Lipinski definition) is 1. The third-order valence-corrected chi connectivity index (χ3v) is 8.68. The number of nitrogens with zero attached hydrogens (tertiary/aromatic N) is 2. The Morgan fingerprint density at radius 1 is 1.07 bits per heavy atom. The van der Waals surface area contributed by atoms with Gasteiger partial charge in [-0.3, -0.25) is 9.59 Å². The number of benzene rings is 1. The van der Waals surface area contributed by atoms with Gasteiger partial charge in [-0.15, -0.1) is 0 Å². The van der Waals surface area contributed by atoms with Gasteiger partial charge in [0.1, 0.15) is 6.04 Å². The Hall–Kier alpha value is -1.98. The summed E-state index contributed by atoms with van der Waals surface area (Å²) in [5.41, 5.74) is 0.145. The molecule has 1 N–H and O–H groups in total. The van der Waals surface area contributed by atoms with E-state index in [1.807, 2.05) is 0 Å². The summed E-state index contributed by atoms with van der Waals surface area (Å²) in [4.78, 5) is 26.5. The van der Waals surface area contributed by atoms with E-state index in [0.717, 1.165) is 12.8 Å². The molecule has 0 aromatic heterocycles. The first-order valence-corrected chi connectivity index (χ1v) is 12.8. The number of nitrogens with one attached hydrogen (secondary N) is 1. The van der Waals surface area contributed by atoms with Crippen molar-refractivity contribution in [1.29, 1.82) is 0 Å². The van der Waals surface area contributed by atoms with E-state index in [4.69, 9.17) is 0 Å². The molecule has 160 valence electrons. The van der Waals surface area contributed by atoms with Crippen molar-refractivity contribution in [2.45, 2.75) is 30.7 Å². The minimum Gasteiger partial charge on any atom is -0.341 e. The largest absolute Gasteiger partial charge is 0.341 e. The van der Waals surface area contributed by atoms with Crippen molar-refractivity contribution >= 4 is 31.7 Å². The van der Waals surface area contributed by atoms with Crippen LogP contribution in [0, 0.1) is 0 Å². The van der Waals surface area contributed by atoms with Crippen LogP contribution in [-0.4, -0.2) is 81.6 Å². The van der Waals surface area contributed by atoms with Gasteiger partial charge in [-0.25, -0.2) is 16.8 Å². The van der Waals surface area contributed by atoms with Crippen LogP contribution in [0.25, 0.3) is 0 Å². The molecule has 0 aliphatic carbocycles. The fourth-order valence-electron chi connectivity index (χ4n) is 3.42. The smallest absolute Gasteiger partial charge is 0.251 e. The number of hydrogen-bond acceptors (Lipinski definition) is 6. The van der Waals surface area contributed by atoms with E-state index < -0.39 is 31.8 Å². The molecule has 1 atom stereocenters. The average molecular weight is 444 g/mol. The van der Waals surface area contributed by atoms with Crippen molar-refractivity contribution in [3.05, 3.63) is 29.8 Å². The van der Waals surface area contributed by atoms with Gasteiger partial charge in [0.15, 0.2) is 9.84 Å². The normalized spacial score (nSPS) is 20.9. The molecule has 0 saturated carbocycles. The van der Waals surface area contributed by atoms with Crippen molar-refractivity contribution in [3.63, 3.8) is 0 Å². The van der Waals surface area contributed by atoms with Crippen LogP contribution in [0.2, 0.25) is 0 Å². The van der Waals surface area contributed by atoms with E-state index >= 15 is 0 Å². The number of sulfone groups is 1. The molecule has 2 amide bonds. The molecule has 2 aliphatic rings. The standard InChI is InChI=1S/C18H25N3O6S2/c1-14(18(23)20-9-11-28(24,25)12-10-20)19-17(22)15-5-4-6-16(13-15)29(26,27)21-7-2-3-8-21/h4-6,13-14H,2-3,7-12H2,1H3,(H,19,22). The first-order valence-electron chi connectivity index (χ1n) is 9.50. The second-order valence-corrected chi connectivity index (χ2v) is 11.6. The van der Waals surface area contributed by atoms with Gasteiger partial charge in [0.2, 0.25) is 15.9 Å². The molecule has 2 fully saturated rings. The summed E-state index contributed by atoms with van der Waals surface area (Å²) in [6.07, 6.45) is 1.63. The van der Waals surface area contributed by atoms with Crippen LogP contribution in [-0.2, 0) is 24.7 Å². The summed E-state index contributed by atoms with van der Waals surface area (Å²) in [5.74, 6) is -1.10. The zero-order valence-electron chi connectivity index (χ0n) is 16.2. The monoisotopic (exact) mass is 443 g/mol. The van der Waals surface area contributed by atoms with Crippen molar-refractivity contribution in [2.75, 3.05) is 37.7 Å². The Morgan fingerprint density at radius 2 is 1.69 bits per heavy atom. The van der Waals surface area contributed by atoms with Gasteiger partial charge in [0.05, 0.1) is 16.4 Å². The predicted molar refractivity (Wildman–Crippen MR) is 107 cm³/mol. The molecule has 2 aliphatic heterocycles. The lowest BCUT2D eigenvalue weighted by atomic mass is 10.2. The fourth-order valence-corrected chi connectivity index (χ4v) is 6.19. The first-order chi connectivity index (χ1) is 13.6. The molecule has 1 aromatic rings. The van der Waals surface area contributed by atoms with E-state index in [2.05, 4.69) is 5.32 Å². The summed E-state index contributed by atoms with van der Waals surface area (Å²) in [6.45, 7) is 2.66. The Labute approximate surface area is 171 Å². The topological polar surface area (TPSA) is 121 Å². The lowest BCUT2D eigenvalue weighted by Crippen LogP contribution is -2.51. The molecule has 11 heteroatoms. The maximum Gasteiger partial charge on any atom is 0.251 e. The molecule has 1 unspecified atom stereocenters. The highest BCUT2D eigenvalue weighted by atomic mass is 32.2. The van der Waals surface area contributed by atoms with E-state index in [1.54, 1.807) is 0 Å². The molecule has 9 nitrogen and oxygen atoms in total. The van der Waals surface area contributed by atoms with Crippen LogP contribution >= 0.6 is 0 Å². The van der Waals surface area contributed by atoms with Crippen LogP contribution in [0.5, 0.6) is 0 Å². The third kappa shape index (κ3) is 4.96. The average Bonchev–Trinajstić information content (AvgIpc) is 3.23. The highest BCUT2D eigenvalue weighted by Gasteiger charge is 2.30. The summed E-state index contributed by atoms with van der Waals surface area (Å²) in [6, 6.07) is 4.89. The second-order valence-electron chi connectivity index (χ2n) is 7.31. The van der Waals surface area contributed by atoms with Gasteiger partial charge in [0.25, 0.3) is 5.91 Å². The molecule has 1 aromatic carbocycles. The molecular weight excluding hydrogens is 418 g/mol. The van der Waals surface area contributed by atoms with E-state index in [9.17, 15) is 26.4 Å². The number of carbonyl (C=O) groups is 2. The highest BCUT2D eigenvalue weighted by molar-refractivity contribution is 7.91. The Morgan fingerprint density at radius 3 is 2.31 bits per heavy atom. The SMILES string of the molecule is CC(NC(=O)c1cccc(S(=O)(=O)N2CCCC2)c1)C(=O)N1CCS(=O)(=O)CC1. The summed E-state index contributed by atoms with van der Waals surface area (Å²) in [7, 11) is -6.76. The molecule has 0 spiro atoms. The predicted octanol–water partition coefficient (Wildman–Crippen LogP) is -0.154. The van der Waals surface area contributed by atoms with Crippen molar-refractivity contribution in [1.82, 2.24) is 14.5 Å². The van der Waals surface area contributed by atoms with Gasteiger partial charge in [0, 0.05) is 31.7 Å². The molecule has 0 radical (unpaired) electrons. The minimum absolute atomic E-state index is 0.0484. The Balaban J connectivity index is 1.67. The van der Waals surface area contributed by atoms with Crippen molar-refractivity contribution in [3.8, 4) is 0 Å². The van der Waals surface area contributed by atoms with Crippen LogP contribution < -0.4 is 5.32 Å². The first kappa shape index (κ1) is 21.7. The van der Waals surface area contributed by atoms with Crippen LogP contribution in [0.4, 0.5) is 0 Å². The van der Waals surface area contributed by atoms with Gasteiger partial charge in [-0.1, -0.05) is 6.07 Å². The Kier molecular flexibility index (Phi) is 6.30. The third-order valence-electron chi connectivity index (χ3n) is 5.17. The molecule has 3 rings (SSSR count). The summed E-state index contributed by atoms with van der Waals surface area (Å²) in [5, 5.41) is 2.57. The number of sulfonamides is 1. The van der Waals surface area contributed by atoms with E-state index in [1.165, 1.54) is 40.4 Å². The quantitative estimate of drug-likeness (QED) is 0.675. The van der Waals surface area contributed by atoms with Gasteiger partial charge in [-0.2, -0.15) is 4.31 Å². The molecule has 0 bridgehead atoms. The van der Waals surface area contributed by atoms with Crippen molar-refractivity contribution < 1.29 is 26.4 Å². The highest BCUT2D eigenvalue weighted by Crippen LogP contribution is 2.21. The maximum absolute atomic E-state index is 12.7. The lowest BCUT2D eigenvalue weighted by molar-refractivity contribution is -0.132. The maximum atomic E-state index is 12.7. The lowest BCUT2D eigenvalue weighted by Gasteiger charge is -2.29. The van der Waals surface area contributed by atoms with Crippen LogP contribution in [0.1, 0.15) is 30.1 Å². The molecule has 29 heavy (non-hydrogen) atoms. The Bertz CT molecular complexity index is 986. The van der Waals surface area contributed by atoms with Gasteiger partial charge in [-0.05, 0) is 38.0 Å². The summed E-state index contributed by atoms with van der Waals surface area (Å²) < 4.78 is 49.8. The van der Waals surface area contributed by atoms with E-state index in [-0.39, 0.29) is 41.0 Å². The number of amides is 2. The number of carbonyl (C=O) groups excluding carboxylic acids is 2. The second kappa shape index (κ2) is 8.41. The molecule has 2 saturated heterocycles. The van der Waals surface area contributed by atoms with Crippen molar-refractivity contribution in [2.24, 2.45) is 0 Å². The van der Waals surface area contributed by atoms with Gasteiger partial charge < -0.3 is 10.2 Å². The molecular formula is C18H25N3O6S2. The minimum atomic E-state index is -3.65. The van der Waals surface area contributed by atoms with Crippen LogP contribution in [0.15, 0.2) is 29.2 Å².